The molecule has 0 unspecified atom stereocenters. The van der Waals surface area contributed by atoms with Crippen molar-refractivity contribution in [2.24, 2.45) is 0 Å². The van der Waals surface area contributed by atoms with E-state index in [-0.39, 0.29) is 30.9 Å². The van der Waals surface area contributed by atoms with E-state index in [1.807, 2.05) is 18.3 Å². The minimum Gasteiger partial charge on any atom is -0.351 e. The molecule has 6 rings (SSSR count). The van der Waals surface area contributed by atoms with E-state index in [9.17, 15) is 0 Å². The van der Waals surface area contributed by atoms with Crippen molar-refractivity contribution >= 4 is 17.1 Å². The second kappa shape index (κ2) is 7.13. The van der Waals surface area contributed by atoms with Crippen LogP contribution in [0.5, 0.6) is 0 Å². The van der Waals surface area contributed by atoms with Gasteiger partial charge >= 0.3 is 0 Å². The quantitative estimate of drug-likeness (QED) is 0.216. The Bertz CT molecular complexity index is 1260. The fourth-order valence-corrected chi connectivity index (χ4v) is 5.44. The van der Waals surface area contributed by atoms with E-state index < -0.39 is 0 Å². The van der Waals surface area contributed by atoms with Crippen LogP contribution in [0.15, 0.2) is 79.0 Å². The number of anilines is 3. The molecule has 2 nitrogen and oxygen atoms in total. The molecule has 0 N–H and O–H groups in total. The number of para-hydroxylation sites is 2. The van der Waals surface area contributed by atoms with Crippen molar-refractivity contribution < 1.29 is 20.1 Å². The molecule has 1 radical (unpaired) electrons. The van der Waals surface area contributed by atoms with E-state index in [0.29, 0.717) is 0 Å². The van der Waals surface area contributed by atoms with Gasteiger partial charge in [-0.1, -0.05) is 87.4 Å². The molecule has 0 aliphatic carbocycles. The van der Waals surface area contributed by atoms with E-state index in [2.05, 4.69) is 104 Å². The summed E-state index contributed by atoms with van der Waals surface area (Å²) in [4.78, 5) is 7.11. The normalized spacial score (nSPS) is 16.3. The largest absolute Gasteiger partial charge is 0.351 e. The van der Waals surface area contributed by atoms with Gasteiger partial charge in [0.15, 0.2) is 0 Å². The van der Waals surface area contributed by atoms with Gasteiger partial charge in [-0.3, -0.25) is 0 Å². The molecule has 0 saturated heterocycles. The predicted molar refractivity (Wildman–Crippen MR) is 127 cm³/mol. The van der Waals surface area contributed by atoms with Crippen LogP contribution in [0.3, 0.4) is 0 Å². The van der Waals surface area contributed by atoms with Gasteiger partial charge in [-0.15, -0.1) is 17.7 Å². The van der Waals surface area contributed by atoms with Gasteiger partial charge in [0, 0.05) is 48.5 Å². The number of benzene rings is 3. The molecule has 0 fully saturated rings. The van der Waals surface area contributed by atoms with E-state index in [0.717, 1.165) is 11.3 Å². The van der Waals surface area contributed by atoms with Crippen LogP contribution in [0, 0.1) is 6.07 Å². The molecule has 0 saturated carbocycles. The Morgan fingerprint density at radius 2 is 1.31 bits per heavy atom. The minimum atomic E-state index is -0.162. The number of aromatic nitrogens is 1. The van der Waals surface area contributed by atoms with E-state index >= 15 is 0 Å². The minimum absolute atomic E-state index is 0. The third-order valence-corrected chi connectivity index (χ3v) is 7.14. The molecule has 3 aromatic carbocycles. The number of rotatable bonds is 1. The Morgan fingerprint density at radius 3 is 1.94 bits per heavy atom. The van der Waals surface area contributed by atoms with Crippen molar-refractivity contribution in [1.29, 1.82) is 0 Å². The fourth-order valence-electron chi connectivity index (χ4n) is 5.44. The Labute approximate surface area is 203 Å². The molecular weight excluding hydrogens is 569 g/mol. The summed E-state index contributed by atoms with van der Waals surface area (Å²) in [5, 5.41) is 0. The monoisotopic (exact) mass is 594 g/mol. The van der Waals surface area contributed by atoms with E-state index in [1.54, 1.807) is 0 Å². The van der Waals surface area contributed by atoms with Crippen LogP contribution in [-0.4, -0.2) is 4.98 Å². The molecule has 3 heteroatoms. The van der Waals surface area contributed by atoms with Gasteiger partial charge in [0.1, 0.15) is 0 Å². The van der Waals surface area contributed by atoms with Crippen LogP contribution >= 0.6 is 0 Å². The molecule has 2 aliphatic heterocycles. The van der Waals surface area contributed by atoms with Crippen LogP contribution in [0.1, 0.15) is 49.9 Å². The third kappa shape index (κ3) is 2.71. The maximum atomic E-state index is 4.65. The van der Waals surface area contributed by atoms with Crippen molar-refractivity contribution in [3.05, 3.63) is 107 Å². The SMILES string of the molecule is CC1(C)c2[c-]c(-c3ccccn3)cc3c2N(c2ccccc21)c1ccccc1C3(C)C.[Ir]. The van der Waals surface area contributed by atoms with Crippen LogP contribution in [-0.2, 0) is 30.9 Å². The third-order valence-electron chi connectivity index (χ3n) is 7.14. The molecule has 3 heterocycles. The first-order chi connectivity index (χ1) is 14.9. The standard InChI is InChI=1S/C29H25N2.Ir/c1-28(2)20-11-5-7-14-25(20)31-26-15-8-6-12-21(26)29(3,4)23-18-19(17-22(28)27(23)31)24-13-9-10-16-30-24;/h5-17H,1-4H3;/q-1;. The number of fused-ring (bicyclic) bond motifs is 4. The summed E-state index contributed by atoms with van der Waals surface area (Å²) in [6, 6.07) is 29.9. The first kappa shape index (κ1) is 21.1. The topological polar surface area (TPSA) is 16.1 Å². The number of hydrogen-bond acceptors (Lipinski definition) is 2. The zero-order chi connectivity index (χ0) is 21.4. The second-order valence-electron chi connectivity index (χ2n) is 9.65. The number of pyridine rings is 1. The van der Waals surface area contributed by atoms with Crippen molar-refractivity contribution in [2.75, 3.05) is 4.90 Å². The molecule has 32 heavy (non-hydrogen) atoms. The van der Waals surface area contributed by atoms with E-state index in [1.165, 1.54) is 39.3 Å². The molecule has 2 aliphatic rings. The Hall–Kier alpha value is -2.74. The van der Waals surface area contributed by atoms with Crippen molar-refractivity contribution in [3.63, 3.8) is 0 Å². The van der Waals surface area contributed by atoms with Gasteiger partial charge in [0.05, 0.1) is 0 Å². The van der Waals surface area contributed by atoms with Gasteiger partial charge in [0.2, 0.25) is 0 Å². The molecule has 161 valence electrons. The van der Waals surface area contributed by atoms with Crippen LogP contribution in [0.2, 0.25) is 0 Å². The zero-order valence-corrected chi connectivity index (χ0v) is 21.1. The smallest absolute Gasteiger partial charge is 0.0412 e. The average molecular weight is 594 g/mol. The molecule has 0 atom stereocenters. The van der Waals surface area contributed by atoms with Crippen LogP contribution in [0.25, 0.3) is 11.3 Å². The molecule has 0 spiro atoms. The fraction of sp³-hybridized carbons (Fsp3) is 0.207. The van der Waals surface area contributed by atoms with Gasteiger partial charge < -0.3 is 9.88 Å². The summed E-state index contributed by atoms with van der Waals surface area (Å²) >= 11 is 0. The van der Waals surface area contributed by atoms with Crippen molar-refractivity contribution in [3.8, 4) is 11.3 Å². The van der Waals surface area contributed by atoms with Gasteiger partial charge in [-0.2, -0.15) is 0 Å². The Kier molecular flexibility index (Phi) is 4.71. The summed E-state index contributed by atoms with van der Waals surface area (Å²) < 4.78 is 0. The van der Waals surface area contributed by atoms with Gasteiger partial charge in [-0.25, -0.2) is 0 Å². The summed E-state index contributed by atoms with van der Waals surface area (Å²) in [5.41, 5.74) is 10.8. The van der Waals surface area contributed by atoms with E-state index in [4.69, 9.17) is 0 Å². The van der Waals surface area contributed by atoms with Crippen LogP contribution in [0.4, 0.5) is 17.1 Å². The first-order valence-electron chi connectivity index (χ1n) is 10.9. The second-order valence-corrected chi connectivity index (χ2v) is 9.65. The van der Waals surface area contributed by atoms with Gasteiger partial charge in [-0.05, 0) is 40.7 Å². The molecule has 1 aromatic heterocycles. The molecule has 0 amide bonds. The number of hydrogen-bond donors (Lipinski definition) is 0. The number of nitrogens with zero attached hydrogens (tertiary/aromatic N) is 2. The summed E-state index contributed by atoms with van der Waals surface area (Å²) in [6.45, 7) is 9.33. The predicted octanol–water partition coefficient (Wildman–Crippen LogP) is 7.29. The Balaban J connectivity index is 0.00000216. The van der Waals surface area contributed by atoms with Crippen molar-refractivity contribution in [2.45, 2.75) is 38.5 Å². The maximum Gasteiger partial charge on any atom is 0.0412 e. The summed E-state index contributed by atoms with van der Waals surface area (Å²) in [7, 11) is 0. The Morgan fingerprint density at radius 1 is 0.719 bits per heavy atom. The summed E-state index contributed by atoms with van der Waals surface area (Å²) in [5.74, 6) is 0. The first-order valence-corrected chi connectivity index (χ1v) is 10.9. The van der Waals surface area contributed by atoms with Crippen LogP contribution < -0.4 is 4.90 Å². The average Bonchev–Trinajstić information content (AvgIpc) is 2.79. The molecular formula is C29H25IrN2-. The molecule has 0 bridgehead atoms. The maximum absolute atomic E-state index is 4.65. The molecule has 4 aromatic rings. The summed E-state index contributed by atoms with van der Waals surface area (Å²) in [6.07, 6.45) is 1.86. The zero-order valence-electron chi connectivity index (χ0n) is 18.7. The van der Waals surface area contributed by atoms with Crippen molar-refractivity contribution in [1.82, 2.24) is 4.98 Å². The van der Waals surface area contributed by atoms with Gasteiger partial charge in [0.25, 0.3) is 0 Å².